The number of methoxy groups -OCH3 is 3. The van der Waals surface area contributed by atoms with Gasteiger partial charge in [-0.05, 0) is 30.0 Å². The lowest BCUT2D eigenvalue weighted by molar-refractivity contribution is 0.160. The number of nitrogens with zero attached hydrogens (tertiary/aromatic N) is 1. The van der Waals surface area contributed by atoms with E-state index < -0.39 is 0 Å². The second-order valence-corrected chi connectivity index (χ2v) is 6.44. The van der Waals surface area contributed by atoms with Crippen molar-refractivity contribution in [1.29, 1.82) is 0 Å². The van der Waals surface area contributed by atoms with Gasteiger partial charge in [0.25, 0.3) is 0 Å². The maximum atomic E-state index is 5.54. The van der Waals surface area contributed by atoms with E-state index in [0.717, 1.165) is 43.6 Å². The highest BCUT2D eigenvalue weighted by Crippen LogP contribution is 2.45. The van der Waals surface area contributed by atoms with Gasteiger partial charge in [0.05, 0.1) is 21.3 Å². The molecule has 2 fully saturated rings. The molecule has 1 aromatic carbocycles. The first-order valence-corrected chi connectivity index (χ1v) is 8.51. The first-order valence-electron chi connectivity index (χ1n) is 8.51. The minimum atomic E-state index is 0. The molecule has 25 heavy (non-hydrogen) atoms. The molecule has 0 aromatic heterocycles. The first-order chi connectivity index (χ1) is 11.3. The summed E-state index contributed by atoms with van der Waals surface area (Å²) in [6.45, 7) is 4.30. The third-order valence-corrected chi connectivity index (χ3v) is 4.92. The highest BCUT2D eigenvalue weighted by atomic mass is 35.5. The molecule has 1 aliphatic heterocycles. The number of piperazine rings is 1. The zero-order valence-corrected chi connectivity index (χ0v) is 16.9. The van der Waals surface area contributed by atoms with E-state index in [1.165, 1.54) is 24.8 Å². The van der Waals surface area contributed by atoms with Crippen LogP contribution in [0.4, 0.5) is 0 Å². The van der Waals surface area contributed by atoms with Gasteiger partial charge >= 0.3 is 0 Å². The van der Waals surface area contributed by atoms with Crippen LogP contribution in [0.25, 0.3) is 0 Å². The maximum Gasteiger partial charge on any atom is 0.203 e. The zero-order chi connectivity index (χ0) is 16.2. The van der Waals surface area contributed by atoms with Crippen molar-refractivity contribution in [1.82, 2.24) is 10.2 Å². The van der Waals surface area contributed by atoms with Crippen molar-refractivity contribution >= 4 is 24.8 Å². The van der Waals surface area contributed by atoms with E-state index in [0.29, 0.717) is 11.8 Å². The van der Waals surface area contributed by atoms with Crippen molar-refractivity contribution in [2.45, 2.75) is 25.3 Å². The van der Waals surface area contributed by atoms with Gasteiger partial charge in [-0.25, -0.2) is 0 Å². The van der Waals surface area contributed by atoms with Gasteiger partial charge in [0, 0.05) is 32.2 Å². The fraction of sp³-hybridized carbons (Fsp3) is 0.667. The van der Waals surface area contributed by atoms with Crippen LogP contribution in [0.1, 0.15) is 30.9 Å². The summed E-state index contributed by atoms with van der Waals surface area (Å²) in [6.07, 6.45) is 3.96. The summed E-state index contributed by atoms with van der Waals surface area (Å²) in [5, 5.41) is 3.44. The number of ether oxygens (including phenoxy) is 3. The number of hydrogen-bond acceptors (Lipinski definition) is 5. The summed E-state index contributed by atoms with van der Waals surface area (Å²) in [4.78, 5) is 2.59. The molecule has 1 saturated carbocycles. The molecule has 2 aliphatic rings. The fourth-order valence-electron chi connectivity index (χ4n) is 3.45. The minimum Gasteiger partial charge on any atom is -0.493 e. The van der Waals surface area contributed by atoms with Gasteiger partial charge in [0.1, 0.15) is 0 Å². The quantitative estimate of drug-likeness (QED) is 0.770. The molecule has 3 rings (SSSR count). The summed E-state index contributed by atoms with van der Waals surface area (Å²) in [7, 11) is 5.02. The Morgan fingerprint density at radius 1 is 1.00 bits per heavy atom. The van der Waals surface area contributed by atoms with E-state index in [4.69, 9.17) is 14.2 Å². The highest BCUT2D eigenvalue weighted by Gasteiger charge is 2.31. The lowest BCUT2D eigenvalue weighted by atomic mass is 9.97. The molecule has 0 spiro atoms. The Kier molecular flexibility index (Phi) is 9.14. The lowest BCUT2D eigenvalue weighted by Crippen LogP contribution is -2.45. The van der Waals surface area contributed by atoms with Gasteiger partial charge < -0.3 is 19.5 Å². The molecular weight excluding hydrogens is 363 g/mol. The van der Waals surface area contributed by atoms with Crippen LogP contribution in [-0.4, -0.2) is 52.4 Å². The van der Waals surface area contributed by atoms with Gasteiger partial charge in [0.15, 0.2) is 11.5 Å². The number of benzene rings is 1. The Hall–Kier alpha value is -0.880. The average Bonchev–Trinajstić information content (AvgIpc) is 3.43. The average molecular weight is 393 g/mol. The van der Waals surface area contributed by atoms with E-state index in [1.54, 1.807) is 21.3 Å². The summed E-state index contributed by atoms with van der Waals surface area (Å²) in [6, 6.07) is 4.67. The predicted molar refractivity (Wildman–Crippen MR) is 105 cm³/mol. The van der Waals surface area contributed by atoms with Crippen LogP contribution in [-0.2, 0) is 0 Å². The number of hydrogen-bond donors (Lipinski definition) is 1. The van der Waals surface area contributed by atoms with Gasteiger partial charge in [-0.15, -0.1) is 24.8 Å². The monoisotopic (exact) mass is 392 g/mol. The summed E-state index contributed by atoms with van der Waals surface area (Å²) < 4.78 is 16.5. The van der Waals surface area contributed by atoms with Gasteiger partial charge in [-0.3, -0.25) is 4.90 Å². The molecule has 1 atom stereocenters. The van der Waals surface area contributed by atoms with Crippen molar-refractivity contribution in [3.05, 3.63) is 17.7 Å². The minimum absolute atomic E-state index is 0. The van der Waals surface area contributed by atoms with E-state index in [-0.39, 0.29) is 24.8 Å². The molecule has 0 amide bonds. The molecule has 1 heterocycles. The van der Waals surface area contributed by atoms with Crippen molar-refractivity contribution in [3.8, 4) is 17.2 Å². The molecule has 1 saturated heterocycles. The Balaban J connectivity index is 0.00000156. The van der Waals surface area contributed by atoms with E-state index in [1.807, 2.05) is 0 Å². The molecular formula is C18H30Cl2N2O3. The van der Waals surface area contributed by atoms with E-state index >= 15 is 0 Å². The fourth-order valence-corrected chi connectivity index (χ4v) is 3.45. The molecule has 0 bridgehead atoms. The van der Waals surface area contributed by atoms with Crippen LogP contribution >= 0.6 is 24.8 Å². The summed E-state index contributed by atoms with van der Waals surface area (Å²) in [5.41, 5.74) is 1.27. The van der Waals surface area contributed by atoms with Crippen LogP contribution in [0.3, 0.4) is 0 Å². The largest absolute Gasteiger partial charge is 0.493 e. The van der Waals surface area contributed by atoms with Crippen LogP contribution < -0.4 is 19.5 Å². The Morgan fingerprint density at radius 3 is 2.00 bits per heavy atom. The number of nitrogens with one attached hydrogen (secondary N) is 1. The number of rotatable bonds is 7. The standard InChI is InChI=1S/C18H28N2O3.2ClH/c1-21-16-11-14(12-17(22-2)18(16)23-3)15(10-13-4-5-13)20-8-6-19-7-9-20;;/h11-13,15,19H,4-10H2,1-3H3;2*1H/t15-;;/m0../s1. The maximum absolute atomic E-state index is 5.54. The third-order valence-electron chi connectivity index (χ3n) is 4.92. The molecule has 0 radical (unpaired) electrons. The Morgan fingerprint density at radius 2 is 1.56 bits per heavy atom. The molecule has 1 N–H and O–H groups in total. The van der Waals surface area contributed by atoms with Crippen LogP contribution in [0.15, 0.2) is 12.1 Å². The lowest BCUT2D eigenvalue weighted by Gasteiger charge is -2.35. The van der Waals surface area contributed by atoms with E-state index in [2.05, 4.69) is 22.3 Å². The normalized spacial score (nSPS) is 18.5. The molecule has 7 heteroatoms. The molecule has 5 nitrogen and oxygen atoms in total. The third kappa shape index (κ3) is 5.30. The van der Waals surface area contributed by atoms with Gasteiger partial charge in [-0.1, -0.05) is 12.8 Å². The van der Waals surface area contributed by atoms with Crippen molar-refractivity contribution < 1.29 is 14.2 Å². The zero-order valence-electron chi connectivity index (χ0n) is 15.2. The highest BCUT2D eigenvalue weighted by molar-refractivity contribution is 5.85. The van der Waals surface area contributed by atoms with Gasteiger partial charge in [-0.2, -0.15) is 0 Å². The summed E-state index contributed by atoms with van der Waals surface area (Å²) >= 11 is 0. The van der Waals surface area contributed by atoms with Crippen LogP contribution in [0.2, 0.25) is 0 Å². The van der Waals surface area contributed by atoms with Crippen molar-refractivity contribution in [3.63, 3.8) is 0 Å². The predicted octanol–water partition coefficient (Wildman–Crippen LogP) is 3.30. The second kappa shape index (κ2) is 10.3. The van der Waals surface area contributed by atoms with Crippen molar-refractivity contribution in [2.24, 2.45) is 5.92 Å². The molecule has 0 unspecified atom stereocenters. The molecule has 144 valence electrons. The second-order valence-electron chi connectivity index (χ2n) is 6.44. The van der Waals surface area contributed by atoms with Crippen LogP contribution in [0.5, 0.6) is 17.2 Å². The SMILES string of the molecule is COc1cc([C@H](CC2CC2)N2CCNCC2)cc(OC)c1OC.Cl.Cl. The topological polar surface area (TPSA) is 43.0 Å². The van der Waals surface area contributed by atoms with E-state index in [9.17, 15) is 0 Å². The summed E-state index contributed by atoms with van der Waals surface area (Å²) in [5.74, 6) is 3.04. The number of halogens is 2. The Labute approximate surface area is 163 Å². The first kappa shape index (κ1) is 22.2. The molecule has 1 aliphatic carbocycles. The molecule has 1 aromatic rings. The van der Waals surface area contributed by atoms with Crippen molar-refractivity contribution in [2.75, 3.05) is 47.5 Å². The Bertz CT molecular complexity index is 510. The van der Waals surface area contributed by atoms with Gasteiger partial charge in [0.2, 0.25) is 5.75 Å². The smallest absolute Gasteiger partial charge is 0.203 e. The van der Waals surface area contributed by atoms with Crippen LogP contribution in [0, 0.1) is 5.92 Å².